The van der Waals surface area contributed by atoms with Crippen molar-refractivity contribution in [1.82, 2.24) is 0 Å². The zero-order valence-corrected chi connectivity index (χ0v) is 19.3. The first-order chi connectivity index (χ1) is 13.7. The largest absolute Gasteiger partial charge is 1.00 e. The van der Waals surface area contributed by atoms with E-state index in [9.17, 15) is 14.8 Å². The standard InChI is InChI=1S/C20H38O7S.Li/c1-3-5-7-9-10-11-12-14-15-24-19(21)17-18(28-27-26-23)20(22)25-16-13-8-6-4-2;/h18,23H,3-17H2,1-2H3;/q;+1/p-1. The number of carbonyl (C=O) groups is 2. The minimum absolute atomic E-state index is 0. The van der Waals surface area contributed by atoms with Crippen molar-refractivity contribution in [2.45, 2.75) is 103 Å². The Balaban J connectivity index is 0. The van der Waals surface area contributed by atoms with Crippen molar-refractivity contribution >= 4 is 24.0 Å². The molecule has 0 aliphatic carbocycles. The molecule has 0 heterocycles. The molecule has 0 bridgehead atoms. The molecule has 0 amide bonds. The van der Waals surface area contributed by atoms with Gasteiger partial charge in [-0.15, -0.1) is 0 Å². The van der Waals surface area contributed by atoms with E-state index < -0.39 is 17.2 Å². The van der Waals surface area contributed by atoms with Crippen LogP contribution in [0.15, 0.2) is 0 Å². The molecule has 0 aromatic carbocycles. The molecule has 0 rings (SSSR count). The van der Waals surface area contributed by atoms with E-state index in [-0.39, 0.29) is 31.9 Å². The van der Waals surface area contributed by atoms with E-state index in [0.29, 0.717) is 18.6 Å². The van der Waals surface area contributed by atoms with Gasteiger partial charge in [0.2, 0.25) is 0 Å². The van der Waals surface area contributed by atoms with Crippen molar-refractivity contribution in [3.63, 3.8) is 0 Å². The Morgan fingerprint density at radius 1 is 0.793 bits per heavy atom. The molecule has 9 heteroatoms. The Morgan fingerprint density at radius 3 is 1.83 bits per heavy atom. The van der Waals surface area contributed by atoms with Gasteiger partial charge in [0.25, 0.3) is 0 Å². The Morgan fingerprint density at radius 2 is 1.28 bits per heavy atom. The monoisotopic (exact) mass is 428 g/mol. The zero-order valence-electron chi connectivity index (χ0n) is 18.4. The maximum atomic E-state index is 12.1. The molecule has 0 aliphatic rings. The van der Waals surface area contributed by atoms with Gasteiger partial charge in [0.05, 0.1) is 19.6 Å². The first kappa shape index (κ1) is 31.0. The third-order valence-electron chi connectivity index (χ3n) is 4.30. The second-order valence-electron chi connectivity index (χ2n) is 6.85. The molecule has 166 valence electrons. The average Bonchev–Trinajstić information content (AvgIpc) is 2.69. The number of hydrogen-bond donors (Lipinski definition) is 0. The first-order valence-corrected chi connectivity index (χ1v) is 11.4. The molecule has 1 atom stereocenters. The maximum Gasteiger partial charge on any atom is 1.00 e. The molecule has 0 saturated heterocycles. The molecular weight excluding hydrogens is 391 g/mol. The number of carbonyl (C=O) groups excluding carboxylic acids is 2. The smallest absolute Gasteiger partial charge is 0.691 e. The minimum Gasteiger partial charge on any atom is -0.691 e. The van der Waals surface area contributed by atoms with Crippen molar-refractivity contribution in [2.75, 3.05) is 13.2 Å². The van der Waals surface area contributed by atoms with E-state index >= 15 is 0 Å². The van der Waals surface area contributed by atoms with E-state index in [1.807, 2.05) is 0 Å². The van der Waals surface area contributed by atoms with Crippen LogP contribution in [-0.4, -0.2) is 30.4 Å². The van der Waals surface area contributed by atoms with Crippen LogP contribution >= 0.6 is 12.0 Å². The van der Waals surface area contributed by atoms with Crippen LogP contribution in [0.2, 0.25) is 0 Å². The van der Waals surface area contributed by atoms with E-state index in [1.54, 1.807) is 0 Å². The molecule has 29 heavy (non-hydrogen) atoms. The molecule has 0 radical (unpaired) electrons. The molecule has 7 nitrogen and oxygen atoms in total. The Hall–Kier alpha value is -0.233. The Bertz CT molecular complexity index is 386. The number of esters is 2. The van der Waals surface area contributed by atoms with Crippen LogP contribution in [0.3, 0.4) is 0 Å². The predicted molar refractivity (Wildman–Crippen MR) is 107 cm³/mol. The molecule has 0 N–H and O–H groups in total. The number of unbranched alkanes of at least 4 members (excludes halogenated alkanes) is 10. The quantitative estimate of drug-likeness (QED) is 0.0718. The molecular formula is C20H37LiO7S. The van der Waals surface area contributed by atoms with Crippen LogP contribution in [0.5, 0.6) is 0 Å². The normalized spacial score (nSPS) is 11.6. The summed E-state index contributed by atoms with van der Waals surface area (Å²) >= 11 is 0.473. The van der Waals surface area contributed by atoms with Crippen LogP contribution in [0.1, 0.15) is 97.3 Å². The average molecular weight is 429 g/mol. The molecule has 1 unspecified atom stereocenters. The molecule has 0 aromatic rings. The number of ether oxygens (including phenoxy) is 2. The van der Waals surface area contributed by atoms with Gasteiger partial charge in [0.1, 0.15) is 5.25 Å². The SMILES string of the molecule is CCCCCCCCCCOC(=O)CC(SOO[O-])C(=O)OCCCCCC.[Li+]. The maximum absolute atomic E-state index is 12.1. The van der Waals surface area contributed by atoms with Crippen molar-refractivity contribution in [1.29, 1.82) is 0 Å². The summed E-state index contributed by atoms with van der Waals surface area (Å²) in [6.45, 7) is 4.90. The fourth-order valence-corrected chi connectivity index (χ4v) is 3.12. The summed E-state index contributed by atoms with van der Waals surface area (Å²) in [5, 5.41) is 12.3. The van der Waals surface area contributed by atoms with Gasteiger partial charge < -0.3 is 14.7 Å². The third kappa shape index (κ3) is 20.8. The van der Waals surface area contributed by atoms with Gasteiger partial charge in [-0.2, -0.15) is 4.33 Å². The summed E-state index contributed by atoms with van der Waals surface area (Å²) in [4.78, 5) is 24.0. The van der Waals surface area contributed by atoms with Crippen LogP contribution in [0, 0.1) is 0 Å². The number of rotatable bonds is 20. The summed E-state index contributed by atoms with van der Waals surface area (Å²) in [5.41, 5.74) is 0. The zero-order chi connectivity index (χ0) is 20.9. The van der Waals surface area contributed by atoms with Gasteiger partial charge in [0.15, 0.2) is 0 Å². The second kappa shape index (κ2) is 24.0. The van der Waals surface area contributed by atoms with E-state index in [2.05, 4.69) is 23.2 Å². The third-order valence-corrected chi connectivity index (χ3v) is 5.03. The number of hydrogen-bond acceptors (Lipinski definition) is 8. The van der Waals surface area contributed by atoms with Crippen molar-refractivity contribution in [3.05, 3.63) is 0 Å². The Kier molecular flexibility index (Phi) is 25.7. The van der Waals surface area contributed by atoms with Crippen LogP contribution in [0.4, 0.5) is 0 Å². The summed E-state index contributed by atoms with van der Waals surface area (Å²) < 4.78 is 14.5. The van der Waals surface area contributed by atoms with E-state index in [1.165, 1.54) is 32.1 Å². The van der Waals surface area contributed by atoms with Gasteiger partial charge in [-0.05, 0) is 12.8 Å². The van der Waals surface area contributed by atoms with Crippen LogP contribution in [0.25, 0.3) is 0 Å². The van der Waals surface area contributed by atoms with Crippen molar-refractivity contribution in [3.8, 4) is 0 Å². The van der Waals surface area contributed by atoms with Crippen LogP contribution in [-0.2, 0) is 28.4 Å². The van der Waals surface area contributed by atoms with Crippen LogP contribution < -0.4 is 24.1 Å². The second-order valence-corrected chi connectivity index (χ2v) is 7.75. The first-order valence-electron chi connectivity index (χ1n) is 10.6. The summed E-state index contributed by atoms with van der Waals surface area (Å²) in [6.07, 6.45) is 12.9. The van der Waals surface area contributed by atoms with Gasteiger partial charge in [-0.25, -0.2) is 0 Å². The Labute approximate surface area is 192 Å². The van der Waals surface area contributed by atoms with Crippen molar-refractivity contribution < 1.29 is 52.6 Å². The van der Waals surface area contributed by atoms with Gasteiger partial charge in [-0.3, -0.25) is 14.6 Å². The fraction of sp³-hybridized carbons (Fsp3) is 0.900. The summed E-state index contributed by atoms with van der Waals surface area (Å²) in [6, 6.07) is 0. The van der Waals surface area contributed by atoms with Gasteiger partial charge >= 0.3 is 30.8 Å². The minimum atomic E-state index is -0.980. The predicted octanol–water partition coefficient (Wildman–Crippen LogP) is 1.43. The topological polar surface area (TPSA) is 94.1 Å². The molecule has 0 saturated carbocycles. The summed E-state index contributed by atoms with van der Waals surface area (Å²) in [5.74, 6) is -1.12. The summed E-state index contributed by atoms with van der Waals surface area (Å²) in [7, 11) is 0. The van der Waals surface area contributed by atoms with Crippen molar-refractivity contribution in [2.24, 2.45) is 0 Å². The molecule has 0 aromatic heterocycles. The van der Waals surface area contributed by atoms with Gasteiger partial charge in [0, 0.05) is 12.0 Å². The van der Waals surface area contributed by atoms with E-state index in [4.69, 9.17) is 9.47 Å². The van der Waals surface area contributed by atoms with E-state index in [0.717, 1.165) is 44.9 Å². The fourth-order valence-electron chi connectivity index (χ4n) is 2.65. The molecule has 0 aliphatic heterocycles. The van der Waals surface area contributed by atoms with Gasteiger partial charge in [-0.1, -0.05) is 78.1 Å². The molecule has 0 spiro atoms. The molecule has 0 fully saturated rings.